The van der Waals surface area contributed by atoms with E-state index in [9.17, 15) is 4.79 Å². The lowest BCUT2D eigenvalue weighted by Crippen LogP contribution is -2.42. The fraction of sp³-hybridized carbons (Fsp3) is 0.500. The van der Waals surface area contributed by atoms with Crippen LogP contribution >= 0.6 is 15.9 Å². The van der Waals surface area contributed by atoms with Crippen LogP contribution in [-0.2, 0) is 0 Å². The Balaban J connectivity index is 2.21. The molecular formula is C14H18BrNO. The van der Waals surface area contributed by atoms with Gasteiger partial charge in [0.25, 0.3) is 5.91 Å². The number of halogens is 1. The highest BCUT2D eigenvalue weighted by atomic mass is 79.9. The summed E-state index contributed by atoms with van der Waals surface area (Å²) in [7, 11) is 0. The second-order valence-corrected chi connectivity index (χ2v) is 5.66. The zero-order chi connectivity index (χ0) is 12.4. The molecule has 0 N–H and O–H groups in total. The maximum Gasteiger partial charge on any atom is 0.254 e. The predicted molar refractivity (Wildman–Crippen MR) is 73.2 cm³/mol. The van der Waals surface area contributed by atoms with E-state index in [2.05, 4.69) is 22.9 Å². The van der Waals surface area contributed by atoms with Crippen LogP contribution in [0.3, 0.4) is 0 Å². The molecule has 0 radical (unpaired) electrons. The van der Waals surface area contributed by atoms with Gasteiger partial charge in [-0.1, -0.05) is 22.0 Å². The Hall–Kier alpha value is -0.830. The first-order valence-electron chi connectivity index (χ1n) is 6.16. The lowest BCUT2D eigenvalue weighted by molar-refractivity contribution is 0.0635. The van der Waals surface area contributed by atoms with Gasteiger partial charge in [-0.2, -0.15) is 0 Å². The largest absolute Gasteiger partial charge is 0.336 e. The molecular weight excluding hydrogens is 278 g/mol. The van der Waals surface area contributed by atoms with Gasteiger partial charge < -0.3 is 4.90 Å². The number of piperidine rings is 1. The van der Waals surface area contributed by atoms with Crippen LogP contribution in [0.1, 0.15) is 42.1 Å². The van der Waals surface area contributed by atoms with Crippen molar-refractivity contribution in [3.63, 3.8) is 0 Å². The van der Waals surface area contributed by atoms with Crippen molar-refractivity contribution in [1.82, 2.24) is 4.90 Å². The second-order valence-electron chi connectivity index (χ2n) is 4.81. The van der Waals surface area contributed by atoms with Crippen molar-refractivity contribution in [2.45, 2.75) is 39.2 Å². The molecule has 92 valence electrons. The number of benzene rings is 1. The van der Waals surface area contributed by atoms with Crippen LogP contribution in [0.2, 0.25) is 0 Å². The minimum atomic E-state index is 0.165. The van der Waals surface area contributed by atoms with Crippen LogP contribution < -0.4 is 0 Å². The van der Waals surface area contributed by atoms with E-state index >= 15 is 0 Å². The SMILES string of the molecule is Cc1ccc(C(=O)N2CCCCC2C)cc1Br. The van der Waals surface area contributed by atoms with Crippen LogP contribution in [0.4, 0.5) is 0 Å². The summed E-state index contributed by atoms with van der Waals surface area (Å²) in [5.74, 6) is 0.165. The van der Waals surface area contributed by atoms with Gasteiger partial charge in [-0.25, -0.2) is 0 Å². The van der Waals surface area contributed by atoms with E-state index in [0.29, 0.717) is 6.04 Å². The summed E-state index contributed by atoms with van der Waals surface area (Å²) in [5, 5.41) is 0. The number of carbonyl (C=O) groups is 1. The Morgan fingerprint density at radius 1 is 1.41 bits per heavy atom. The zero-order valence-electron chi connectivity index (χ0n) is 10.4. The first-order chi connectivity index (χ1) is 8.09. The number of aryl methyl sites for hydroxylation is 1. The van der Waals surface area contributed by atoms with Crippen molar-refractivity contribution in [2.75, 3.05) is 6.54 Å². The molecule has 1 unspecified atom stereocenters. The Morgan fingerprint density at radius 2 is 2.18 bits per heavy atom. The van der Waals surface area contributed by atoms with Gasteiger partial charge in [0.05, 0.1) is 0 Å². The summed E-state index contributed by atoms with van der Waals surface area (Å²) in [4.78, 5) is 14.4. The Morgan fingerprint density at radius 3 is 2.82 bits per heavy atom. The Bertz CT molecular complexity index is 430. The molecule has 0 saturated carbocycles. The smallest absolute Gasteiger partial charge is 0.254 e. The normalized spacial score (nSPS) is 20.4. The van der Waals surface area contributed by atoms with E-state index in [1.54, 1.807) is 0 Å². The standard InChI is InChI=1S/C14H18BrNO/c1-10-6-7-12(9-13(10)15)14(17)16-8-4-3-5-11(16)2/h6-7,9,11H,3-5,8H2,1-2H3. The average Bonchev–Trinajstić information content (AvgIpc) is 2.32. The lowest BCUT2D eigenvalue weighted by Gasteiger charge is -2.33. The summed E-state index contributed by atoms with van der Waals surface area (Å²) in [5.41, 5.74) is 1.95. The molecule has 0 bridgehead atoms. The fourth-order valence-corrected chi connectivity index (χ4v) is 2.67. The maximum atomic E-state index is 12.4. The van der Waals surface area contributed by atoms with Crippen LogP contribution in [0.5, 0.6) is 0 Å². The number of carbonyl (C=O) groups excluding carboxylic acids is 1. The maximum absolute atomic E-state index is 12.4. The highest BCUT2D eigenvalue weighted by Crippen LogP contribution is 2.22. The summed E-state index contributed by atoms with van der Waals surface area (Å²) in [6.45, 7) is 5.06. The Labute approximate surface area is 111 Å². The molecule has 0 aliphatic carbocycles. The quantitative estimate of drug-likeness (QED) is 0.772. The molecule has 3 heteroatoms. The zero-order valence-corrected chi connectivity index (χ0v) is 12.0. The van der Waals surface area contributed by atoms with E-state index in [1.165, 1.54) is 6.42 Å². The highest BCUT2D eigenvalue weighted by molar-refractivity contribution is 9.10. The van der Waals surface area contributed by atoms with Gasteiger partial charge in [-0.15, -0.1) is 0 Å². The van der Waals surface area contributed by atoms with Gasteiger partial charge >= 0.3 is 0 Å². The number of hydrogen-bond acceptors (Lipinski definition) is 1. The molecule has 1 aromatic carbocycles. The highest BCUT2D eigenvalue weighted by Gasteiger charge is 2.24. The molecule has 1 aliphatic heterocycles. The van der Waals surface area contributed by atoms with Gasteiger partial charge in [0, 0.05) is 22.6 Å². The molecule has 1 aliphatic rings. The number of nitrogens with zero attached hydrogens (tertiary/aromatic N) is 1. The van der Waals surface area contributed by atoms with Crippen LogP contribution in [0.15, 0.2) is 22.7 Å². The molecule has 1 heterocycles. The van der Waals surface area contributed by atoms with Gasteiger partial charge in [-0.3, -0.25) is 4.79 Å². The molecule has 17 heavy (non-hydrogen) atoms. The molecule has 1 fully saturated rings. The van der Waals surface area contributed by atoms with Gasteiger partial charge in [0.15, 0.2) is 0 Å². The minimum absolute atomic E-state index is 0.165. The molecule has 0 aromatic heterocycles. The van der Waals surface area contributed by atoms with Gasteiger partial charge in [0.1, 0.15) is 0 Å². The third kappa shape index (κ3) is 2.71. The van der Waals surface area contributed by atoms with Crippen LogP contribution in [0.25, 0.3) is 0 Å². The predicted octanol–water partition coefficient (Wildman–Crippen LogP) is 3.77. The molecule has 0 spiro atoms. The topological polar surface area (TPSA) is 20.3 Å². The number of rotatable bonds is 1. The van der Waals surface area contributed by atoms with Crippen molar-refractivity contribution in [3.05, 3.63) is 33.8 Å². The molecule has 1 amide bonds. The summed E-state index contributed by atoms with van der Waals surface area (Å²) in [6.07, 6.45) is 3.49. The van der Waals surface area contributed by atoms with Crippen molar-refractivity contribution < 1.29 is 4.79 Å². The number of likely N-dealkylation sites (tertiary alicyclic amines) is 1. The van der Waals surface area contributed by atoms with Crippen LogP contribution in [-0.4, -0.2) is 23.4 Å². The van der Waals surface area contributed by atoms with E-state index < -0.39 is 0 Å². The number of amides is 1. The average molecular weight is 296 g/mol. The minimum Gasteiger partial charge on any atom is -0.336 e. The van der Waals surface area contributed by atoms with E-state index in [4.69, 9.17) is 0 Å². The van der Waals surface area contributed by atoms with Gasteiger partial charge in [0.2, 0.25) is 0 Å². The third-order valence-corrected chi connectivity index (χ3v) is 4.34. The second kappa shape index (κ2) is 5.21. The summed E-state index contributed by atoms with van der Waals surface area (Å²) < 4.78 is 1.01. The molecule has 1 aromatic rings. The molecule has 1 atom stereocenters. The van der Waals surface area contributed by atoms with E-state index in [0.717, 1.165) is 35.0 Å². The third-order valence-electron chi connectivity index (χ3n) is 3.48. The Kier molecular flexibility index (Phi) is 3.87. The van der Waals surface area contributed by atoms with Crippen molar-refractivity contribution >= 4 is 21.8 Å². The lowest BCUT2D eigenvalue weighted by atomic mass is 10.0. The fourth-order valence-electron chi connectivity index (χ4n) is 2.29. The first-order valence-corrected chi connectivity index (χ1v) is 6.96. The molecule has 2 nitrogen and oxygen atoms in total. The van der Waals surface area contributed by atoms with Gasteiger partial charge in [-0.05, 0) is 50.8 Å². The van der Waals surface area contributed by atoms with E-state index in [1.807, 2.05) is 30.0 Å². The van der Waals surface area contributed by atoms with Crippen LogP contribution in [0, 0.1) is 6.92 Å². The molecule has 1 saturated heterocycles. The van der Waals surface area contributed by atoms with Crippen molar-refractivity contribution in [1.29, 1.82) is 0 Å². The summed E-state index contributed by atoms with van der Waals surface area (Å²) >= 11 is 3.48. The van der Waals surface area contributed by atoms with Crippen molar-refractivity contribution in [3.8, 4) is 0 Å². The monoisotopic (exact) mass is 295 g/mol. The molecule has 2 rings (SSSR count). The van der Waals surface area contributed by atoms with E-state index in [-0.39, 0.29) is 5.91 Å². The first kappa shape index (κ1) is 12.6. The summed E-state index contributed by atoms with van der Waals surface area (Å²) in [6, 6.07) is 6.21. The number of hydrogen-bond donors (Lipinski definition) is 0. The van der Waals surface area contributed by atoms with Crippen molar-refractivity contribution in [2.24, 2.45) is 0 Å².